The summed E-state index contributed by atoms with van der Waals surface area (Å²) in [4.78, 5) is 11.2. The Hall–Kier alpha value is -1.45. The van der Waals surface area contributed by atoms with E-state index in [0.717, 1.165) is 22.6 Å². The van der Waals surface area contributed by atoms with Crippen molar-refractivity contribution in [3.8, 4) is 5.75 Å². The van der Waals surface area contributed by atoms with Crippen LogP contribution in [0.2, 0.25) is 10.0 Å². The van der Waals surface area contributed by atoms with Gasteiger partial charge in [-0.1, -0.05) is 35.3 Å². The van der Waals surface area contributed by atoms with Crippen LogP contribution in [-0.4, -0.2) is 36.9 Å². The summed E-state index contributed by atoms with van der Waals surface area (Å²) in [5, 5.41) is 18.6. The number of hydrogen-bond acceptors (Lipinski definition) is 5. The lowest BCUT2D eigenvalue weighted by atomic mass is 10.1. The maximum Gasteiger partial charge on any atom is 0.303 e. The van der Waals surface area contributed by atoms with Gasteiger partial charge >= 0.3 is 5.97 Å². The van der Waals surface area contributed by atoms with Crippen molar-refractivity contribution < 1.29 is 23.4 Å². The normalized spacial score (nSPS) is 11.5. The molecule has 0 bridgehead atoms. The molecule has 6 nitrogen and oxygen atoms in total. The maximum atomic E-state index is 12.3. The summed E-state index contributed by atoms with van der Waals surface area (Å²) in [6.07, 6.45) is 0.545. The highest BCUT2D eigenvalue weighted by molar-refractivity contribution is 7.99. The lowest BCUT2D eigenvalue weighted by molar-refractivity contribution is -0.136. The molecule has 10 heteroatoms. The van der Waals surface area contributed by atoms with Gasteiger partial charge in [0.1, 0.15) is 10.6 Å². The zero-order valence-electron chi connectivity index (χ0n) is 14.0. The van der Waals surface area contributed by atoms with E-state index in [1.54, 1.807) is 0 Å². The highest BCUT2D eigenvalue weighted by Gasteiger charge is 2.20. The van der Waals surface area contributed by atoms with Crippen LogP contribution in [0.15, 0.2) is 46.2 Å². The largest absolute Gasteiger partial charge is 0.506 e. The molecular formula is C17H17Cl2NO5S2. The number of carboxylic acids is 1. The van der Waals surface area contributed by atoms with Crippen LogP contribution >= 0.6 is 35.0 Å². The highest BCUT2D eigenvalue weighted by Crippen LogP contribution is 2.32. The van der Waals surface area contributed by atoms with Gasteiger partial charge in [-0.25, -0.2) is 13.1 Å². The number of hydrogen-bond donors (Lipinski definition) is 3. The van der Waals surface area contributed by atoms with Crippen molar-refractivity contribution >= 4 is 51.0 Å². The second-order valence-electron chi connectivity index (χ2n) is 5.52. The molecule has 0 atom stereocenters. The minimum Gasteiger partial charge on any atom is -0.506 e. The van der Waals surface area contributed by atoms with Crippen LogP contribution in [0, 0.1) is 0 Å². The van der Waals surface area contributed by atoms with E-state index in [-0.39, 0.29) is 27.9 Å². The fraction of sp³-hybridized carbons (Fsp3) is 0.235. The Morgan fingerprint density at radius 3 is 2.37 bits per heavy atom. The zero-order chi connectivity index (χ0) is 20.0. The monoisotopic (exact) mass is 449 g/mol. The smallest absolute Gasteiger partial charge is 0.303 e. The van der Waals surface area contributed by atoms with Crippen molar-refractivity contribution in [3.05, 3.63) is 52.0 Å². The first-order chi connectivity index (χ1) is 12.7. The Morgan fingerprint density at radius 2 is 1.74 bits per heavy atom. The van der Waals surface area contributed by atoms with Crippen molar-refractivity contribution in [1.29, 1.82) is 0 Å². The second kappa shape index (κ2) is 9.66. The van der Waals surface area contributed by atoms with Crippen molar-refractivity contribution in [2.45, 2.75) is 22.6 Å². The van der Waals surface area contributed by atoms with Gasteiger partial charge in [-0.3, -0.25) is 4.79 Å². The molecule has 2 aromatic rings. The van der Waals surface area contributed by atoms with Gasteiger partial charge in [0.15, 0.2) is 0 Å². The second-order valence-corrected chi connectivity index (χ2v) is 9.24. The van der Waals surface area contributed by atoms with Gasteiger partial charge in [0.2, 0.25) is 10.0 Å². The number of halogens is 2. The van der Waals surface area contributed by atoms with Gasteiger partial charge in [-0.05, 0) is 30.2 Å². The van der Waals surface area contributed by atoms with Gasteiger partial charge in [0.25, 0.3) is 0 Å². The molecule has 0 aliphatic rings. The van der Waals surface area contributed by atoms with E-state index in [1.165, 1.54) is 11.8 Å². The van der Waals surface area contributed by atoms with E-state index in [9.17, 15) is 18.3 Å². The Bertz CT molecular complexity index is 918. The molecule has 0 unspecified atom stereocenters. The number of carboxylic acid groups (broad SMARTS) is 1. The van der Waals surface area contributed by atoms with Crippen molar-refractivity contribution in [3.63, 3.8) is 0 Å². The minimum absolute atomic E-state index is 0.0344. The van der Waals surface area contributed by atoms with Crippen LogP contribution < -0.4 is 4.72 Å². The summed E-state index contributed by atoms with van der Waals surface area (Å²) >= 11 is 13.0. The minimum atomic E-state index is -3.92. The molecule has 0 heterocycles. The number of phenols is 1. The van der Waals surface area contributed by atoms with Gasteiger partial charge in [-0.2, -0.15) is 0 Å². The van der Waals surface area contributed by atoms with Crippen LogP contribution in [-0.2, 0) is 21.2 Å². The lowest BCUT2D eigenvalue weighted by Crippen LogP contribution is -2.26. The van der Waals surface area contributed by atoms with E-state index >= 15 is 0 Å². The molecule has 0 amide bonds. The molecule has 0 saturated carbocycles. The molecule has 0 radical (unpaired) electrons. The van der Waals surface area contributed by atoms with Crippen LogP contribution in [0.5, 0.6) is 5.75 Å². The Balaban J connectivity index is 1.87. The molecule has 2 rings (SSSR count). The van der Waals surface area contributed by atoms with Crippen molar-refractivity contribution in [2.24, 2.45) is 0 Å². The van der Waals surface area contributed by atoms with Gasteiger partial charge in [0, 0.05) is 29.7 Å². The van der Waals surface area contributed by atoms with Crippen LogP contribution in [0.1, 0.15) is 12.0 Å². The molecule has 0 aromatic heterocycles. The number of benzene rings is 2. The number of thioether (sulfide) groups is 1. The van der Waals surface area contributed by atoms with E-state index in [1.807, 2.05) is 24.3 Å². The molecule has 0 fully saturated rings. The number of carbonyl (C=O) groups is 1. The highest BCUT2D eigenvalue weighted by atomic mass is 35.5. The van der Waals surface area contributed by atoms with Gasteiger partial charge in [0.05, 0.1) is 10.0 Å². The number of aryl methyl sites for hydroxylation is 1. The fourth-order valence-corrected chi connectivity index (χ4v) is 4.58. The lowest BCUT2D eigenvalue weighted by Gasteiger charge is -2.09. The quantitative estimate of drug-likeness (QED) is 0.397. The molecular weight excluding hydrogens is 433 g/mol. The Kier molecular flexibility index (Phi) is 7.81. The first-order valence-corrected chi connectivity index (χ1v) is 11.0. The fourth-order valence-electron chi connectivity index (χ4n) is 2.16. The van der Waals surface area contributed by atoms with Crippen LogP contribution in [0.3, 0.4) is 0 Å². The average Bonchev–Trinajstić information content (AvgIpc) is 2.61. The van der Waals surface area contributed by atoms with E-state index in [2.05, 4.69) is 4.72 Å². The summed E-state index contributed by atoms with van der Waals surface area (Å²) in [5.74, 6) is -0.842. The van der Waals surface area contributed by atoms with Crippen LogP contribution in [0.4, 0.5) is 0 Å². The third kappa shape index (κ3) is 6.58. The number of aromatic hydroxyl groups is 1. The SMILES string of the molecule is O=C(O)CCc1ccc(SCCNS(=O)(=O)c2cc(Cl)c(Cl)cc2O)cc1. The number of phenolic OH excluding ortho intramolecular Hbond substituents is 1. The van der Waals surface area contributed by atoms with Gasteiger partial charge in [-0.15, -0.1) is 11.8 Å². The van der Waals surface area contributed by atoms with E-state index in [0.29, 0.717) is 12.2 Å². The summed E-state index contributed by atoms with van der Waals surface area (Å²) in [6, 6.07) is 9.61. The summed E-state index contributed by atoms with van der Waals surface area (Å²) in [5.41, 5.74) is 0.928. The van der Waals surface area contributed by atoms with Crippen molar-refractivity contribution in [1.82, 2.24) is 4.72 Å². The molecule has 27 heavy (non-hydrogen) atoms. The van der Waals surface area contributed by atoms with Crippen molar-refractivity contribution in [2.75, 3.05) is 12.3 Å². The first kappa shape index (κ1) is 21.8. The third-order valence-electron chi connectivity index (χ3n) is 3.51. The summed E-state index contributed by atoms with van der Waals surface area (Å²) < 4.78 is 26.9. The predicted molar refractivity (Wildman–Crippen MR) is 106 cm³/mol. The Morgan fingerprint density at radius 1 is 1.11 bits per heavy atom. The molecule has 2 aromatic carbocycles. The van der Waals surface area contributed by atoms with Gasteiger partial charge < -0.3 is 10.2 Å². The predicted octanol–water partition coefficient (Wildman–Crippen LogP) is 3.79. The first-order valence-electron chi connectivity index (χ1n) is 7.80. The number of rotatable bonds is 9. The molecule has 0 aliphatic carbocycles. The standard InChI is InChI=1S/C17H17Cl2NO5S2/c18-13-9-15(21)16(10-14(13)19)27(24,25)20-7-8-26-12-4-1-11(2-5-12)3-6-17(22)23/h1-2,4-5,9-10,20-21H,3,6-8H2,(H,22,23). The van der Waals surface area contributed by atoms with Crippen LogP contribution in [0.25, 0.3) is 0 Å². The third-order valence-corrected chi connectivity index (χ3v) is 6.73. The number of aliphatic carboxylic acids is 1. The molecule has 0 spiro atoms. The zero-order valence-corrected chi connectivity index (χ0v) is 17.1. The summed E-state index contributed by atoms with van der Waals surface area (Å²) in [7, 11) is -3.92. The Labute approximate surface area is 171 Å². The number of sulfonamides is 1. The number of nitrogens with one attached hydrogen (secondary N) is 1. The topological polar surface area (TPSA) is 104 Å². The molecule has 146 valence electrons. The van der Waals surface area contributed by atoms with E-state index in [4.69, 9.17) is 28.3 Å². The molecule has 3 N–H and O–H groups in total. The molecule has 0 saturated heterocycles. The maximum absolute atomic E-state index is 12.3. The average molecular weight is 450 g/mol. The summed E-state index contributed by atoms with van der Waals surface area (Å²) in [6.45, 7) is 0.146. The molecule has 0 aliphatic heterocycles. The van der Waals surface area contributed by atoms with E-state index < -0.39 is 21.7 Å².